The smallest absolute Gasteiger partial charge is 0.330 e. The zero-order valence-electron chi connectivity index (χ0n) is 17.8. The van der Waals surface area contributed by atoms with E-state index in [2.05, 4.69) is 25.4 Å². The van der Waals surface area contributed by atoms with Gasteiger partial charge in [0.05, 0.1) is 12.1 Å². The van der Waals surface area contributed by atoms with E-state index in [0.717, 1.165) is 36.6 Å². The Morgan fingerprint density at radius 1 is 1.41 bits per heavy atom. The maximum Gasteiger partial charge on any atom is 0.330 e. The van der Waals surface area contributed by atoms with Crippen molar-refractivity contribution in [1.82, 2.24) is 5.32 Å². The highest BCUT2D eigenvalue weighted by molar-refractivity contribution is 8.14. The lowest BCUT2D eigenvalue weighted by atomic mass is 9.94. The van der Waals surface area contributed by atoms with Gasteiger partial charge in [0.15, 0.2) is 5.79 Å². The average Bonchev–Trinajstić information content (AvgIpc) is 3.07. The van der Waals surface area contributed by atoms with Gasteiger partial charge in [0.25, 0.3) is 5.24 Å². The van der Waals surface area contributed by atoms with E-state index in [9.17, 15) is 14.7 Å². The van der Waals surface area contributed by atoms with Gasteiger partial charge in [-0.25, -0.2) is 4.79 Å². The second-order valence-electron chi connectivity index (χ2n) is 7.46. The van der Waals surface area contributed by atoms with Crippen LogP contribution in [0.1, 0.15) is 59.3 Å². The quantitative estimate of drug-likeness (QED) is 0.338. The number of aliphatic hydroxyl groups is 1. The first kappa shape index (κ1) is 25.5. The molecule has 2 aliphatic rings. The number of amides is 1. The highest BCUT2D eigenvalue weighted by Crippen LogP contribution is 2.35. The number of allylic oxidation sites excluding steroid dienone is 3. The van der Waals surface area contributed by atoms with Gasteiger partial charge in [0.2, 0.25) is 0 Å². The number of unbranched alkanes of at least 4 members (excludes halogenated alkanes) is 1. The zero-order valence-corrected chi connectivity index (χ0v) is 18.6. The van der Waals surface area contributed by atoms with Crippen LogP contribution in [0.4, 0.5) is 4.79 Å². The molecule has 2 heterocycles. The van der Waals surface area contributed by atoms with E-state index in [1.165, 1.54) is 12.5 Å². The molecule has 6 nitrogen and oxygen atoms in total. The van der Waals surface area contributed by atoms with Crippen LogP contribution in [0.5, 0.6) is 0 Å². The van der Waals surface area contributed by atoms with Gasteiger partial charge in [0.1, 0.15) is 6.10 Å². The van der Waals surface area contributed by atoms with Crippen LogP contribution in [0.25, 0.3) is 0 Å². The van der Waals surface area contributed by atoms with Crippen LogP contribution in [-0.4, -0.2) is 46.1 Å². The third-order valence-electron chi connectivity index (χ3n) is 4.62. The molecular formula is C22H35NO5S. The summed E-state index contributed by atoms with van der Waals surface area (Å²) in [5.41, 5.74) is 0.926. The van der Waals surface area contributed by atoms with Crippen molar-refractivity contribution in [1.29, 1.82) is 0 Å². The van der Waals surface area contributed by atoms with Crippen LogP contribution in [0, 0.1) is 0 Å². The number of nitrogens with one attached hydrogen (secondary N) is 1. The SMILES string of the molecule is C=CCC/C(C)=C\C(=O)O[C@@H]1C[C@@H](C)O[C@@](O)([C@@H]2CSC(=O)N2)C1.C=CCCC. The van der Waals surface area contributed by atoms with Gasteiger partial charge in [-0.15, -0.1) is 13.2 Å². The highest BCUT2D eigenvalue weighted by Gasteiger charge is 2.48. The van der Waals surface area contributed by atoms with E-state index in [4.69, 9.17) is 9.47 Å². The van der Waals surface area contributed by atoms with Crippen molar-refractivity contribution in [2.24, 2.45) is 0 Å². The molecule has 0 aliphatic carbocycles. The molecule has 2 N–H and O–H groups in total. The van der Waals surface area contributed by atoms with Crippen LogP contribution >= 0.6 is 11.8 Å². The van der Waals surface area contributed by atoms with E-state index in [1.54, 1.807) is 6.08 Å². The Balaban J connectivity index is 0.000000749. The topological polar surface area (TPSA) is 84.9 Å². The molecule has 0 bridgehead atoms. The molecule has 2 rings (SSSR count). The molecule has 2 aliphatic heterocycles. The number of esters is 1. The Labute approximate surface area is 178 Å². The second kappa shape index (κ2) is 12.9. The number of carbonyl (C=O) groups excluding carboxylic acids is 2. The van der Waals surface area contributed by atoms with Crippen molar-refractivity contribution in [2.45, 2.75) is 83.3 Å². The minimum atomic E-state index is -1.51. The third-order valence-corrected chi connectivity index (χ3v) is 5.50. The summed E-state index contributed by atoms with van der Waals surface area (Å²) in [6.45, 7) is 13.0. The summed E-state index contributed by atoms with van der Waals surface area (Å²) in [5.74, 6) is -1.49. The first-order valence-corrected chi connectivity index (χ1v) is 11.2. The Kier molecular flexibility index (Phi) is 11.3. The molecule has 7 heteroatoms. The average molecular weight is 426 g/mol. The fourth-order valence-electron chi connectivity index (χ4n) is 3.17. The molecule has 2 saturated heterocycles. The molecule has 0 saturated carbocycles. The fraction of sp³-hybridized carbons (Fsp3) is 0.636. The van der Waals surface area contributed by atoms with Crippen molar-refractivity contribution in [2.75, 3.05) is 5.75 Å². The molecular weight excluding hydrogens is 390 g/mol. The van der Waals surface area contributed by atoms with Gasteiger partial charge in [-0.3, -0.25) is 4.79 Å². The summed E-state index contributed by atoms with van der Waals surface area (Å²) < 4.78 is 11.2. The van der Waals surface area contributed by atoms with Gasteiger partial charge < -0.3 is 19.9 Å². The standard InChI is InChI=1S/C17H25NO5S.C5H10/c1-4-5-6-11(2)7-15(19)22-13-8-12(3)23-17(21,9-13)14-10-24-16(20)18-14;1-3-5-4-2/h4,7,12-14,21H,1,5-6,8-10H2,2-3H3,(H,18,20);3H,1,4-5H2,2H3/b11-7-;/t12-,13-,14+,17-;/m1./s1. The molecule has 2 fully saturated rings. The van der Waals surface area contributed by atoms with E-state index in [1.807, 2.05) is 19.9 Å². The minimum Gasteiger partial charge on any atom is -0.459 e. The number of carbonyl (C=O) groups is 2. The van der Waals surface area contributed by atoms with E-state index >= 15 is 0 Å². The number of hydrogen-bond donors (Lipinski definition) is 2. The third kappa shape index (κ3) is 9.19. The lowest BCUT2D eigenvalue weighted by molar-refractivity contribution is -0.278. The molecule has 0 aromatic heterocycles. The van der Waals surface area contributed by atoms with E-state index in [-0.39, 0.29) is 17.8 Å². The predicted octanol–water partition coefficient (Wildman–Crippen LogP) is 4.50. The van der Waals surface area contributed by atoms with Gasteiger partial charge >= 0.3 is 5.97 Å². The van der Waals surface area contributed by atoms with Gasteiger partial charge in [-0.05, 0) is 33.1 Å². The van der Waals surface area contributed by atoms with E-state index in [0.29, 0.717) is 12.2 Å². The first-order valence-electron chi connectivity index (χ1n) is 10.2. The molecule has 4 atom stereocenters. The molecule has 0 spiro atoms. The molecule has 1 amide bonds. The number of thioether (sulfide) groups is 1. The summed E-state index contributed by atoms with van der Waals surface area (Å²) in [4.78, 5) is 23.4. The van der Waals surface area contributed by atoms with Crippen molar-refractivity contribution < 1.29 is 24.2 Å². The van der Waals surface area contributed by atoms with E-state index < -0.39 is 23.9 Å². The lowest BCUT2D eigenvalue weighted by Crippen LogP contribution is -2.58. The van der Waals surface area contributed by atoms with Crippen LogP contribution in [-0.2, 0) is 14.3 Å². The largest absolute Gasteiger partial charge is 0.459 e. The van der Waals surface area contributed by atoms with Crippen LogP contribution in [0.2, 0.25) is 0 Å². The maximum atomic E-state index is 12.1. The van der Waals surface area contributed by atoms with Crippen molar-refractivity contribution >= 4 is 23.0 Å². The van der Waals surface area contributed by atoms with Crippen LogP contribution < -0.4 is 5.32 Å². The summed E-state index contributed by atoms with van der Waals surface area (Å²) >= 11 is 1.11. The summed E-state index contributed by atoms with van der Waals surface area (Å²) in [5, 5.41) is 13.3. The number of ether oxygens (including phenoxy) is 2. The Hall–Kier alpha value is -1.57. The van der Waals surface area contributed by atoms with Crippen molar-refractivity contribution in [3.05, 3.63) is 37.0 Å². The Morgan fingerprint density at radius 3 is 2.62 bits per heavy atom. The Bertz CT molecular complexity index is 606. The molecule has 0 unspecified atom stereocenters. The van der Waals surface area contributed by atoms with Gasteiger partial charge in [0, 0.05) is 24.7 Å². The summed E-state index contributed by atoms with van der Waals surface area (Å²) in [6, 6.07) is -0.496. The monoisotopic (exact) mass is 425 g/mol. The normalized spacial score (nSPS) is 29.3. The summed E-state index contributed by atoms with van der Waals surface area (Å²) in [7, 11) is 0. The fourth-order valence-corrected chi connectivity index (χ4v) is 4.06. The number of hydrogen-bond acceptors (Lipinski definition) is 6. The second-order valence-corrected chi connectivity index (χ2v) is 8.46. The molecule has 0 radical (unpaired) electrons. The van der Waals surface area contributed by atoms with Crippen molar-refractivity contribution in [3.63, 3.8) is 0 Å². The van der Waals surface area contributed by atoms with Crippen LogP contribution in [0.15, 0.2) is 37.0 Å². The van der Waals surface area contributed by atoms with Crippen molar-refractivity contribution in [3.8, 4) is 0 Å². The van der Waals surface area contributed by atoms with Gasteiger partial charge in [-0.2, -0.15) is 0 Å². The minimum absolute atomic E-state index is 0.147. The molecule has 164 valence electrons. The number of rotatable bonds is 8. The van der Waals surface area contributed by atoms with Crippen LogP contribution in [0.3, 0.4) is 0 Å². The molecule has 29 heavy (non-hydrogen) atoms. The predicted molar refractivity (Wildman–Crippen MR) is 118 cm³/mol. The molecule has 0 aromatic rings. The van der Waals surface area contributed by atoms with Gasteiger partial charge in [-0.1, -0.05) is 42.8 Å². The molecule has 0 aromatic carbocycles. The maximum absolute atomic E-state index is 12.1. The Morgan fingerprint density at radius 2 is 2.10 bits per heavy atom. The zero-order chi connectivity index (χ0) is 21.9. The first-order chi connectivity index (χ1) is 13.7. The highest BCUT2D eigenvalue weighted by atomic mass is 32.2. The summed E-state index contributed by atoms with van der Waals surface area (Å²) in [6.07, 6.45) is 9.11. The lowest BCUT2D eigenvalue weighted by Gasteiger charge is -2.42.